The molecule has 0 aromatic rings. The monoisotopic (exact) mass is 278 g/mol. The lowest BCUT2D eigenvalue weighted by Gasteiger charge is -2.23. The number of fused-ring (bicyclic) bond motifs is 1. The smallest absolute Gasteiger partial charge is 0.235 e. The van der Waals surface area contributed by atoms with Crippen LogP contribution < -0.4 is 5.32 Å². The van der Waals surface area contributed by atoms with Crippen molar-refractivity contribution in [2.75, 3.05) is 32.4 Å². The number of nitrogens with zero attached hydrogens (tertiary/aromatic N) is 1. The minimum Gasteiger partial charge on any atom is -0.342 e. The second-order valence-corrected chi connectivity index (χ2v) is 6.14. The summed E-state index contributed by atoms with van der Waals surface area (Å²) in [4.78, 5) is 14.2. The van der Waals surface area contributed by atoms with Crippen molar-refractivity contribution in [1.82, 2.24) is 10.2 Å². The van der Waals surface area contributed by atoms with E-state index in [2.05, 4.69) is 10.2 Å². The van der Waals surface area contributed by atoms with Gasteiger partial charge in [-0.05, 0) is 50.9 Å². The third-order valence-electron chi connectivity index (χ3n) is 4.03. The highest BCUT2D eigenvalue weighted by atomic mass is 35.5. The lowest BCUT2D eigenvalue weighted by atomic mass is 9.92. The number of hydrogen-bond acceptors (Lipinski definition) is 3. The average molecular weight is 279 g/mol. The van der Waals surface area contributed by atoms with Crippen molar-refractivity contribution in [3.8, 4) is 0 Å². The van der Waals surface area contributed by atoms with Crippen LogP contribution in [0.1, 0.15) is 19.8 Å². The second kappa shape index (κ2) is 6.86. The topological polar surface area (TPSA) is 32.3 Å². The summed E-state index contributed by atoms with van der Waals surface area (Å²) in [5, 5.41) is 3.58. The molecule has 100 valence electrons. The van der Waals surface area contributed by atoms with Crippen molar-refractivity contribution in [1.29, 1.82) is 0 Å². The molecule has 1 amide bonds. The van der Waals surface area contributed by atoms with Gasteiger partial charge in [0.25, 0.3) is 0 Å². The lowest BCUT2D eigenvalue weighted by molar-refractivity contribution is -0.130. The first-order valence-corrected chi connectivity index (χ1v) is 7.53. The van der Waals surface area contributed by atoms with Gasteiger partial charge in [-0.15, -0.1) is 12.4 Å². The summed E-state index contributed by atoms with van der Waals surface area (Å²) < 4.78 is 0. The van der Waals surface area contributed by atoms with Gasteiger partial charge in [0.05, 0.1) is 5.25 Å². The van der Waals surface area contributed by atoms with E-state index in [0.29, 0.717) is 5.91 Å². The maximum atomic E-state index is 12.1. The molecule has 2 aliphatic rings. The summed E-state index contributed by atoms with van der Waals surface area (Å²) in [5.74, 6) is 1.95. The predicted molar refractivity (Wildman–Crippen MR) is 75.9 cm³/mol. The van der Waals surface area contributed by atoms with Gasteiger partial charge in [0, 0.05) is 13.1 Å². The minimum atomic E-state index is 0. The SMILES string of the molecule is CSC(C)C(=O)N1CC[C@@H]2CNC[C@@H]2CC1.Cl. The molecule has 2 aliphatic heterocycles. The Morgan fingerprint density at radius 3 is 2.29 bits per heavy atom. The first-order valence-electron chi connectivity index (χ1n) is 6.24. The van der Waals surface area contributed by atoms with Gasteiger partial charge in [-0.2, -0.15) is 11.8 Å². The molecule has 0 spiro atoms. The van der Waals surface area contributed by atoms with E-state index in [1.807, 2.05) is 13.2 Å². The number of carbonyl (C=O) groups is 1. The van der Waals surface area contributed by atoms with Crippen LogP contribution in [0.25, 0.3) is 0 Å². The van der Waals surface area contributed by atoms with Crippen LogP contribution in [0.4, 0.5) is 0 Å². The maximum absolute atomic E-state index is 12.1. The van der Waals surface area contributed by atoms with Crippen molar-refractivity contribution in [2.45, 2.75) is 25.0 Å². The molecule has 3 nitrogen and oxygen atoms in total. The number of thioether (sulfide) groups is 1. The van der Waals surface area contributed by atoms with Crippen molar-refractivity contribution in [3.05, 3.63) is 0 Å². The van der Waals surface area contributed by atoms with E-state index < -0.39 is 0 Å². The van der Waals surface area contributed by atoms with E-state index >= 15 is 0 Å². The lowest BCUT2D eigenvalue weighted by Crippen LogP contribution is -2.37. The largest absolute Gasteiger partial charge is 0.342 e. The Morgan fingerprint density at radius 2 is 1.82 bits per heavy atom. The van der Waals surface area contributed by atoms with E-state index in [0.717, 1.165) is 38.0 Å². The molecule has 5 heteroatoms. The van der Waals surface area contributed by atoms with Gasteiger partial charge in [0.2, 0.25) is 5.91 Å². The number of nitrogens with one attached hydrogen (secondary N) is 1. The van der Waals surface area contributed by atoms with Crippen LogP contribution in [-0.4, -0.2) is 48.5 Å². The van der Waals surface area contributed by atoms with Gasteiger partial charge >= 0.3 is 0 Å². The van der Waals surface area contributed by atoms with E-state index in [-0.39, 0.29) is 17.7 Å². The first-order chi connectivity index (χ1) is 7.72. The van der Waals surface area contributed by atoms with E-state index in [1.54, 1.807) is 11.8 Å². The van der Waals surface area contributed by atoms with Gasteiger partial charge in [-0.25, -0.2) is 0 Å². The summed E-state index contributed by atoms with van der Waals surface area (Å²) in [5.41, 5.74) is 0. The van der Waals surface area contributed by atoms with Crippen LogP contribution in [0, 0.1) is 11.8 Å². The van der Waals surface area contributed by atoms with Crippen LogP contribution in [0.3, 0.4) is 0 Å². The van der Waals surface area contributed by atoms with Crippen molar-refractivity contribution < 1.29 is 4.79 Å². The summed E-state index contributed by atoms with van der Waals surface area (Å²) in [6.07, 6.45) is 4.38. The number of rotatable bonds is 2. The molecular formula is C12H23ClN2OS. The molecule has 1 N–H and O–H groups in total. The standard InChI is InChI=1S/C12H22N2OS.ClH/c1-9(16-2)12(15)14-5-3-10-7-13-8-11(10)4-6-14;/h9-11,13H,3-8H2,1-2H3;1H/t9?,10-,11+;. The zero-order valence-corrected chi connectivity index (χ0v) is 12.3. The first kappa shape index (κ1) is 15.1. The Kier molecular flexibility index (Phi) is 6.10. The fourth-order valence-corrected chi connectivity index (χ4v) is 3.15. The molecular weight excluding hydrogens is 256 g/mol. The Morgan fingerprint density at radius 1 is 1.29 bits per heavy atom. The van der Waals surface area contributed by atoms with E-state index in [9.17, 15) is 4.79 Å². The molecule has 2 fully saturated rings. The third-order valence-corrected chi connectivity index (χ3v) is 4.94. The quantitative estimate of drug-likeness (QED) is 0.833. The molecule has 2 rings (SSSR count). The Balaban J connectivity index is 0.00000144. The number of carbonyl (C=O) groups excluding carboxylic acids is 1. The van der Waals surface area contributed by atoms with Crippen LogP contribution in [0.15, 0.2) is 0 Å². The van der Waals surface area contributed by atoms with Crippen LogP contribution in [0.2, 0.25) is 0 Å². The van der Waals surface area contributed by atoms with Crippen LogP contribution in [0.5, 0.6) is 0 Å². The minimum absolute atomic E-state index is 0. The molecule has 2 heterocycles. The fraction of sp³-hybridized carbons (Fsp3) is 0.917. The molecule has 0 aromatic carbocycles. The number of hydrogen-bond donors (Lipinski definition) is 1. The van der Waals surface area contributed by atoms with Gasteiger partial charge in [-0.3, -0.25) is 4.79 Å². The van der Waals surface area contributed by atoms with Gasteiger partial charge < -0.3 is 10.2 Å². The molecule has 3 atom stereocenters. The molecule has 0 radical (unpaired) electrons. The maximum Gasteiger partial charge on any atom is 0.235 e. The summed E-state index contributed by atoms with van der Waals surface area (Å²) >= 11 is 1.65. The van der Waals surface area contributed by atoms with Gasteiger partial charge in [0.15, 0.2) is 0 Å². The fourth-order valence-electron chi connectivity index (χ4n) is 2.80. The predicted octanol–water partition coefficient (Wildman–Crippen LogP) is 1.62. The van der Waals surface area contributed by atoms with Crippen molar-refractivity contribution >= 4 is 30.1 Å². The zero-order valence-electron chi connectivity index (χ0n) is 10.6. The summed E-state index contributed by atoms with van der Waals surface area (Å²) in [6, 6.07) is 0. The molecule has 0 aromatic heterocycles. The highest BCUT2D eigenvalue weighted by molar-refractivity contribution is 7.99. The summed E-state index contributed by atoms with van der Waals surface area (Å²) in [6.45, 7) is 6.26. The molecule has 0 bridgehead atoms. The molecule has 17 heavy (non-hydrogen) atoms. The Bertz CT molecular complexity index is 251. The molecule has 2 saturated heterocycles. The van der Waals surface area contributed by atoms with Crippen LogP contribution >= 0.6 is 24.2 Å². The normalized spacial score (nSPS) is 30.1. The molecule has 0 aliphatic carbocycles. The van der Waals surface area contributed by atoms with E-state index in [1.165, 1.54) is 12.8 Å². The highest BCUT2D eigenvalue weighted by Crippen LogP contribution is 2.27. The zero-order chi connectivity index (χ0) is 11.5. The van der Waals surface area contributed by atoms with Gasteiger partial charge in [-0.1, -0.05) is 0 Å². The highest BCUT2D eigenvalue weighted by Gasteiger charge is 2.32. The average Bonchev–Trinajstić information content (AvgIpc) is 2.66. The van der Waals surface area contributed by atoms with Crippen molar-refractivity contribution in [3.63, 3.8) is 0 Å². The Labute approximate surface area is 114 Å². The molecule has 0 saturated carbocycles. The third kappa shape index (κ3) is 3.52. The number of amides is 1. The van der Waals surface area contributed by atoms with Gasteiger partial charge in [0.1, 0.15) is 0 Å². The van der Waals surface area contributed by atoms with E-state index in [4.69, 9.17) is 0 Å². The second-order valence-electron chi connectivity index (χ2n) is 4.96. The Hall–Kier alpha value is 0.0700. The molecule has 1 unspecified atom stereocenters. The van der Waals surface area contributed by atoms with Crippen molar-refractivity contribution in [2.24, 2.45) is 11.8 Å². The van der Waals surface area contributed by atoms with Crippen LogP contribution in [-0.2, 0) is 4.79 Å². The summed E-state index contributed by atoms with van der Waals surface area (Å²) in [7, 11) is 0. The number of halogens is 1. The number of likely N-dealkylation sites (tertiary alicyclic amines) is 1.